The van der Waals surface area contributed by atoms with Gasteiger partial charge in [-0.25, -0.2) is 9.37 Å². The summed E-state index contributed by atoms with van der Waals surface area (Å²) in [5.74, 6) is 0.0174. The summed E-state index contributed by atoms with van der Waals surface area (Å²) in [5.41, 5.74) is 0.907. The van der Waals surface area contributed by atoms with E-state index in [4.69, 9.17) is 4.74 Å². The van der Waals surface area contributed by atoms with Gasteiger partial charge in [-0.2, -0.15) is 0 Å². The first-order valence-electron chi connectivity index (χ1n) is 8.39. The Morgan fingerprint density at radius 2 is 2.08 bits per heavy atom. The van der Waals surface area contributed by atoms with E-state index >= 15 is 0 Å². The van der Waals surface area contributed by atoms with Gasteiger partial charge in [-0.15, -0.1) is 0 Å². The number of hydrogen-bond acceptors (Lipinski definition) is 4. The van der Waals surface area contributed by atoms with Gasteiger partial charge in [-0.3, -0.25) is 9.69 Å². The van der Waals surface area contributed by atoms with E-state index in [1.54, 1.807) is 24.8 Å². The third kappa shape index (κ3) is 3.99. The fourth-order valence-electron chi connectivity index (χ4n) is 3.08. The van der Waals surface area contributed by atoms with Crippen molar-refractivity contribution in [2.75, 3.05) is 33.3 Å². The van der Waals surface area contributed by atoms with E-state index in [-0.39, 0.29) is 23.5 Å². The molecular formula is C18H23FN4O2. The molecule has 0 bridgehead atoms. The van der Waals surface area contributed by atoms with Crippen molar-refractivity contribution in [2.24, 2.45) is 0 Å². The van der Waals surface area contributed by atoms with Crippen molar-refractivity contribution in [1.29, 1.82) is 0 Å². The van der Waals surface area contributed by atoms with Crippen molar-refractivity contribution in [3.8, 4) is 5.75 Å². The Balaban J connectivity index is 1.53. The van der Waals surface area contributed by atoms with Gasteiger partial charge in [-0.1, -0.05) is 6.07 Å². The highest BCUT2D eigenvalue weighted by Crippen LogP contribution is 2.19. The highest BCUT2D eigenvalue weighted by Gasteiger charge is 2.25. The number of nitrogens with zero attached hydrogens (tertiary/aromatic N) is 4. The molecule has 1 aliphatic heterocycles. The lowest BCUT2D eigenvalue weighted by Crippen LogP contribution is -2.49. The largest absolute Gasteiger partial charge is 0.494 e. The molecule has 1 aromatic heterocycles. The minimum atomic E-state index is -0.344. The molecule has 0 saturated carbocycles. The fraction of sp³-hybridized carbons (Fsp3) is 0.444. The second-order valence-electron chi connectivity index (χ2n) is 6.26. The van der Waals surface area contributed by atoms with Crippen LogP contribution in [0, 0.1) is 5.82 Å². The summed E-state index contributed by atoms with van der Waals surface area (Å²) in [4.78, 5) is 20.7. The van der Waals surface area contributed by atoms with Crippen molar-refractivity contribution >= 4 is 5.91 Å². The van der Waals surface area contributed by atoms with Gasteiger partial charge in [0.1, 0.15) is 6.04 Å². The van der Waals surface area contributed by atoms with Crippen LogP contribution in [0.25, 0.3) is 0 Å². The van der Waals surface area contributed by atoms with E-state index in [9.17, 15) is 9.18 Å². The Bertz CT molecular complexity index is 712. The summed E-state index contributed by atoms with van der Waals surface area (Å²) in [6.07, 6.45) is 5.14. The van der Waals surface area contributed by atoms with E-state index in [0.29, 0.717) is 19.6 Å². The molecule has 0 radical (unpaired) electrons. The van der Waals surface area contributed by atoms with Gasteiger partial charge < -0.3 is 14.2 Å². The Labute approximate surface area is 146 Å². The molecule has 3 rings (SSSR count). The number of hydrogen-bond donors (Lipinski definition) is 0. The number of methoxy groups -OCH3 is 1. The Morgan fingerprint density at radius 3 is 2.68 bits per heavy atom. The first-order chi connectivity index (χ1) is 12.1. The molecule has 2 aromatic rings. The lowest BCUT2D eigenvalue weighted by Gasteiger charge is -2.36. The number of halogens is 1. The van der Waals surface area contributed by atoms with Gasteiger partial charge in [0.2, 0.25) is 5.91 Å². The van der Waals surface area contributed by atoms with Crippen LogP contribution in [0.1, 0.15) is 18.5 Å². The summed E-state index contributed by atoms with van der Waals surface area (Å²) in [5, 5.41) is 0. The molecule has 6 nitrogen and oxygen atoms in total. The van der Waals surface area contributed by atoms with Crippen molar-refractivity contribution in [2.45, 2.75) is 19.5 Å². The van der Waals surface area contributed by atoms with Gasteiger partial charge in [0.25, 0.3) is 0 Å². The maximum absolute atomic E-state index is 13.8. The number of carbonyl (C=O) groups excluding carboxylic acids is 1. The molecule has 1 saturated heterocycles. The van der Waals surface area contributed by atoms with Crippen LogP contribution < -0.4 is 4.74 Å². The van der Waals surface area contributed by atoms with Crippen LogP contribution >= 0.6 is 0 Å². The van der Waals surface area contributed by atoms with Gasteiger partial charge >= 0.3 is 0 Å². The summed E-state index contributed by atoms with van der Waals surface area (Å²) in [6.45, 7) is 5.45. The zero-order valence-electron chi connectivity index (χ0n) is 14.6. The molecule has 7 heteroatoms. The van der Waals surface area contributed by atoms with E-state index in [0.717, 1.165) is 18.7 Å². The third-order valence-corrected chi connectivity index (χ3v) is 4.64. The third-order valence-electron chi connectivity index (χ3n) is 4.64. The summed E-state index contributed by atoms with van der Waals surface area (Å²) in [6, 6.07) is 4.79. The Hall–Kier alpha value is -2.41. The first-order valence-corrected chi connectivity index (χ1v) is 8.39. The zero-order valence-corrected chi connectivity index (χ0v) is 14.6. The molecule has 1 aliphatic rings. The number of ether oxygens (including phenoxy) is 1. The molecule has 0 aliphatic carbocycles. The monoisotopic (exact) mass is 346 g/mol. The number of rotatable bonds is 5. The number of carbonyl (C=O) groups is 1. The zero-order chi connectivity index (χ0) is 17.8. The SMILES string of the molecule is COc1ccc(CN2CCN(C(=O)[C@H](C)n3ccnc3)CC2)cc1F. The molecular weight excluding hydrogens is 323 g/mol. The van der Waals surface area contributed by atoms with Crippen molar-refractivity contribution in [3.63, 3.8) is 0 Å². The average Bonchev–Trinajstić information content (AvgIpc) is 3.16. The summed E-state index contributed by atoms with van der Waals surface area (Å²) in [7, 11) is 1.46. The number of imidazole rings is 1. The standard InChI is InChI=1S/C18H23FN4O2/c1-14(23-6-5-20-13-23)18(24)22-9-7-21(8-10-22)12-15-3-4-17(25-2)16(19)11-15/h3-6,11,13-14H,7-10,12H2,1-2H3/t14-/m0/s1. The van der Waals surface area contributed by atoms with E-state index < -0.39 is 0 Å². The molecule has 1 atom stereocenters. The summed E-state index contributed by atoms with van der Waals surface area (Å²) < 4.78 is 20.6. The summed E-state index contributed by atoms with van der Waals surface area (Å²) >= 11 is 0. The normalized spacial score (nSPS) is 16.7. The molecule has 1 fully saturated rings. The Kier molecular flexibility index (Phi) is 5.33. The molecule has 0 N–H and O–H groups in total. The van der Waals surface area contributed by atoms with E-state index in [1.165, 1.54) is 13.2 Å². The molecule has 0 unspecified atom stereocenters. The van der Waals surface area contributed by atoms with Crippen LogP contribution in [0.5, 0.6) is 5.75 Å². The predicted octanol–water partition coefficient (Wildman–Crippen LogP) is 1.94. The van der Waals surface area contributed by atoms with Gasteiger partial charge in [0.15, 0.2) is 11.6 Å². The Morgan fingerprint density at radius 1 is 1.32 bits per heavy atom. The van der Waals surface area contributed by atoms with Crippen LogP contribution in [0.2, 0.25) is 0 Å². The maximum Gasteiger partial charge on any atom is 0.245 e. The quantitative estimate of drug-likeness (QED) is 0.830. The molecule has 1 amide bonds. The molecule has 25 heavy (non-hydrogen) atoms. The number of amides is 1. The van der Waals surface area contributed by atoms with Gasteiger partial charge in [0, 0.05) is 45.1 Å². The average molecular weight is 346 g/mol. The maximum atomic E-state index is 13.8. The van der Waals surface area contributed by atoms with E-state index in [2.05, 4.69) is 9.88 Å². The van der Waals surface area contributed by atoms with Crippen LogP contribution in [0.15, 0.2) is 36.9 Å². The predicted molar refractivity (Wildman–Crippen MR) is 91.7 cm³/mol. The van der Waals surface area contributed by atoms with E-state index in [1.807, 2.05) is 22.5 Å². The lowest BCUT2D eigenvalue weighted by molar-refractivity contribution is -0.136. The molecule has 2 heterocycles. The molecule has 1 aromatic carbocycles. The highest BCUT2D eigenvalue weighted by molar-refractivity contribution is 5.80. The van der Waals surface area contributed by atoms with Gasteiger partial charge in [0.05, 0.1) is 13.4 Å². The molecule has 0 spiro atoms. The van der Waals surface area contributed by atoms with Crippen LogP contribution in [-0.2, 0) is 11.3 Å². The van der Waals surface area contributed by atoms with Crippen molar-refractivity contribution in [3.05, 3.63) is 48.3 Å². The highest BCUT2D eigenvalue weighted by atomic mass is 19.1. The van der Waals surface area contributed by atoms with Gasteiger partial charge in [-0.05, 0) is 24.6 Å². The lowest BCUT2D eigenvalue weighted by atomic mass is 10.1. The van der Waals surface area contributed by atoms with Crippen LogP contribution in [0.4, 0.5) is 4.39 Å². The minimum Gasteiger partial charge on any atom is -0.494 e. The van der Waals surface area contributed by atoms with Crippen LogP contribution in [0.3, 0.4) is 0 Å². The topological polar surface area (TPSA) is 50.6 Å². The number of benzene rings is 1. The van der Waals surface area contributed by atoms with Crippen molar-refractivity contribution < 1.29 is 13.9 Å². The second-order valence-corrected chi connectivity index (χ2v) is 6.26. The van der Waals surface area contributed by atoms with Crippen molar-refractivity contribution in [1.82, 2.24) is 19.4 Å². The smallest absolute Gasteiger partial charge is 0.245 e. The molecule has 134 valence electrons. The fourth-order valence-corrected chi connectivity index (χ4v) is 3.08. The number of piperazine rings is 1. The van der Waals surface area contributed by atoms with Crippen LogP contribution in [-0.4, -0.2) is 58.5 Å². The first kappa shape index (κ1) is 17.4. The number of aromatic nitrogens is 2. The minimum absolute atomic E-state index is 0.105. The second kappa shape index (κ2) is 7.65.